The zero-order valence-electron chi connectivity index (χ0n) is 14.4. The molecule has 0 spiro atoms. The van der Waals surface area contributed by atoms with Gasteiger partial charge in [-0.2, -0.15) is 0 Å². The predicted molar refractivity (Wildman–Crippen MR) is 100 cm³/mol. The molecular weight excluding hydrogens is 384 g/mol. The zero-order chi connectivity index (χ0) is 18.0. The molecule has 25 heavy (non-hydrogen) atoms. The van der Waals surface area contributed by atoms with Crippen LogP contribution in [0, 0.1) is 13.8 Å². The second-order valence-electron chi connectivity index (χ2n) is 5.75. The van der Waals surface area contributed by atoms with Crippen LogP contribution in [0.15, 0.2) is 45.3 Å². The molecule has 1 aromatic heterocycles. The molecule has 130 valence electrons. The van der Waals surface area contributed by atoms with Crippen LogP contribution >= 0.6 is 15.9 Å². The van der Waals surface area contributed by atoms with Crippen molar-refractivity contribution in [2.45, 2.75) is 27.4 Å². The number of esters is 1. The SMILES string of the molecule is CCOC(=O)c1c(C)oc2cc(Br)c(OCc3ccccc3C)cc12. The lowest BCUT2D eigenvalue weighted by Crippen LogP contribution is -2.05. The van der Waals surface area contributed by atoms with Crippen LogP contribution < -0.4 is 4.74 Å². The molecule has 0 saturated carbocycles. The minimum Gasteiger partial charge on any atom is -0.488 e. The average molecular weight is 403 g/mol. The number of halogens is 1. The zero-order valence-corrected chi connectivity index (χ0v) is 16.0. The number of furan rings is 1. The van der Waals surface area contributed by atoms with Gasteiger partial charge in [0.1, 0.15) is 29.3 Å². The first-order valence-corrected chi connectivity index (χ1v) is 8.87. The lowest BCUT2D eigenvalue weighted by atomic mass is 10.1. The van der Waals surface area contributed by atoms with Gasteiger partial charge in [0.25, 0.3) is 0 Å². The maximum absolute atomic E-state index is 12.2. The summed E-state index contributed by atoms with van der Waals surface area (Å²) in [4.78, 5) is 12.2. The fourth-order valence-corrected chi connectivity index (χ4v) is 3.15. The molecule has 0 atom stereocenters. The van der Waals surface area contributed by atoms with Crippen molar-refractivity contribution < 1.29 is 18.7 Å². The first-order chi connectivity index (χ1) is 12.0. The Morgan fingerprint density at radius 3 is 2.68 bits per heavy atom. The molecule has 3 rings (SSSR count). The van der Waals surface area contributed by atoms with Gasteiger partial charge in [-0.05, 0) is 60.0 Å². The van der Waals surface area contributed by atoms with Gasteiger partial charge in [0.15, 0.2) is 0 Å². The third-order valence-corrected chi connectivity index (χ3v) is 4.66. The van der Waals surface area contributed by atoms with Crippen LogP contribution in [0.25, 0.3) is 11.0 Å². The minimum absolute atomic E-state index is 0.318. The van der Waals surface area contributed by atoms with Crippen molar-refractivity contribution in [1.29, 1.82) is 0 Å². The summed E-state index contributed by atoms with van der Waals surface area (Å²) < 4.78 is 17.6. The Morgan fingerprint density at radius 2 is 1.96 bits per heavy atom. The van der Waals surface area contributed by atoms with E-state index in [1.807, 2.05) is 30.3 Å². The Kier molecular flexibility index (Phi) is 5.13. The third-order valence-electron chi connectivity index (χ3n) is 4.04. The Morgan fingerprint density at radius 1 is 1.20 bits per heavy atom. The molecule has 2 aromatic carbocycles. The number of aryl methyl sites for hydroxylation is 2. The number of hydrogen-bond acceptors (Lipinski definition) is 4. The third kappa shape index (κ3) is 3.56. The van der Waals surface area contributed by atoms with Gasteiger partial charge in [-0.3, -0.25) is 0 Å². The smallest absolute Gasteiger partial charge is 0.342 e. The molecule has 3 aromatic rings. The molecule has 0 saturated heterocycles. The summed E-state index contributed by atoms with van der Waals surface area (Å²) in [6.45, 7) is 6.35. The van der Waals surface area contributed by atoms with E-state index in [4.69, 9.17) is 13.9 Å². The van der Waals surface area contributed by atoms with Gasteiger partial charge >= 0.3 is 5.97 Å². The van der Waals surface area contributed by atoms with Gasteiger partial charge in [0, 0.05) is 5.39 Å². The molecule has 0 unspecified atom stereocenters. The van der Waals surface area contributed by atoms with E-state index < -0.39 is 0 Å². The van der Waals surface area contributed by atoms with Crippen LogP contribution in [0.4, 0.5) is 0 Å². The molecule has 0 fully saturated rings. The molecule has 0 radical (unpaired) electrons. The maximum atomic E-state index is 12.2. The summed E-state index contributed by atoms with van der Waals surface area (Å²) in [5.74, 6) is 0.810. The second kappa shape index (κ2) is 7.31. The number of carbonyl (C=O) groups is 1. The number of fused-ring (bicyclic) bond motifs is 1. The number of ether oxygens (including phenoxy) is 2. The van der Waals surface area contributed by atoms with Crippen LogP contribution in [-0.4, -0.2) is 12.6 Å². The topological polar surface area (TPSA) is 48.7 Å². The number of rotatable bonds is 5. The molecule has 4 nitrogen and oxygen atoms in total. The molecule has 0 aliphatic heterocycles. The van der Waals surface area contributed by atoms with E-state index in [9.17, 15) is 4.79 Å². The van der Waals surface area contributed by atoms with E-state index in [-0.39, 0.29) is 5.97 Å². The van der Waals surface area contributed by atoms with Crippen molar-refractivity contribution in [2.75, 3.05) is 6.61 Å². The van der Waals surface area contributed by atoms with E-state index in [2.05, 4.69) is 28.9 Å². The van der Waals surface area contributed by atoms with Gasteiger partial charge < -0.3 is 13.9 Å². The molecular formula is C20H19BrO4. The standard InChI is InChI=1S/C20H19BrO4/c1-4-23-20(22)19-13(3)25-17-10-16(21)18(9-15(17)19)24-11-14-8-6-5-7-12(14)2/h5-10H,4,11H2,1-3H3. The molecule has 5 heteroatoms. The van der Waals surface area contributed by atoms with E-state index >= 15 is 0 Å². The predicted octanol–water partition coefficient (Wildman–Crippen LogP) is 5.57. The van der Waals surface area contributed by atoms with E-state index in [0.717, 1.165) is 10.0 Å². The number of benzene rings is 2. The normalized spacial score (nSPS) is 10.9. The molecule has 0 amide bonds. The van der Waals surface area contributed by atoms with E-state index in [1.165, 1.54) is 5.56 Å². The molecule has 1 heterocycles. The Hall–Kier alpha value is -2.27. The van der Waals surface area contributed by atoms with Gasteiger partial charge in [-0.15, -0.1) is 0 Å². The van der Waals surface area contributed by atoms with Crippen LogP contribution in [0.2, 0.25) is 0 Å². The van der Waals surface area contributed by atoms with Crippen molar-refractivity contribution in [2.24, 2.45) is 0 Å². The van der Waals surface area contributed by atoms with E-state index in [0.29, 0.717) is 41.3 Å². The highest BCUT2D eigenvalue weighted by Gasteiger charge is 2.21. The summed E-state index contributed by atoms with van der Waals surface area (Å²) in [6.07, 6.45) is 0. The highest BCUT2D eigenvalue weighted by atomic mass is 79.9. The maximum Gasteiger partial charge on any atom is 0.342 e. The Labute approximate surface area is 154 Å². The lowest BCUT2D eigenvalue weighted by Gasteiger charge is -2.10. The van der Waals surface area contributed by atoms with Crippen LogP contribution in [0.1, 0.15) is 34.2 Å². The van der Waals surface area contributed by atoms with Crippen molar-refractivity contribution >= 4 is 32.9 Å². The minimum atomic E-state index is -0.383. The van der Waals surface area contributed by atoms with Crippen LogP contribution in [0.3, 0.4) is 0 Å². The quantitative estimate of drug-likeness (QED) is 0.523. The van der Waals surface area contributed by atoms with Crippen molar-refractivity contribution in [3.63, 3.8) is 0 Å². The fourth-order valence-electron chi connectivity index (χ4n) is 2.72. The molecule has 0 N–H and O–H groups in total. The lowest BCUT2D eigenvalue weighted by molar-refractivity contribution is 0.0526. The Balaban J connectivity index is 1.96. The van der Waals surface area contributed by atoms with Gasteiger partial charge in [-0.1, -0.05) is 24.3 Å². The molecule has 0 aliphatic rings. The highest BCUT2D eigenvalue weighted by molar-refractivity contribution is 9.10. The highest BCUT2D eigenvalue weighted by Crippen LogP contribution is 2.35. The van der Waals surface area contributed by atoms with Gasteiger partial charge in [-0.25, -0.2) is 4.79 Å². The summed E-state index contributed by atoms with van der Waals surface area (Å²) in [5.41, 5.74) is 3.36. The summed E-state index contributed by atoms with van der Waals surface area (Å²) in [5, 5.41) is 0.693. The first-order valence-electron chi connectivity index (χ1n) is 8.08. The number of carbonyl (C=O) groups excluding carboxylic acids is 1. The van der Waals surface area contributed by atoms with Crippen molar-refractivity contribution in [1.82, 2.24) is 0 Å². The molecule has 0 bridgehead atoms. The van der Waals surface area contributed by atoms with E-state index in [1.54, 1.807) is 13.8 Å². The average Bonchev–Trinajstić information content (AvgIpc) is 2.89. The molecule has 0 aliphatic carbocycles. The largest absolute Gasteiger partial charge is 0.488 e. The Bertz CT molecular complexity index is 927. The summed E-state index contributed by atoms with van der Waals surface area (Å²) >= 11 is 3.51. The second-order valence-corrected chi connectivity index (χ2v) is 6.60. The van der Waals surface area contributed by atoms with Crippen molar-refractivity contribution in [3.05, 3.63) is 63.3 Å². The fraction of sp³-hybridized carbons (Fsp3) is 0.250. The summed E-state index contributed by atoms with van der Waals surface area (Å²) in [7, 11) is 0. The van der Waals surface area contributed by atoms with Crippen LogP contribution in [0.5, 0.6) is 5.75 Å². The monoisotopic (exact) mass is 402 g/mol. The first kappa shape index (κ1) is 17.5. The van der Waals surface area contributed by atoms with Crippen LogP contribution in [-0.2, 0) is 11.3 Å². The van der Waals surface area contributed by atoms with Gasteiger partial charge in [0.05, 0.1) is 11.1 Å². The van der Waals surface area contributed by atoms with Crippen molar-refractivity contribution in [3.8, 4) is 5.75 Å². The number of hydrogen-bond donors (Lipinski definition) is 0. The van der Waals surface area contributed by atoms with Gasteiger partial charge in [0.2, 0.25) is 0 Å². The summed E-state index contributed by atoms with van der Waals surface area (Å²) in [6, 6.07) is 11.7.